The summed E-state index contributed by atoms with van der Waals surface area (Å²) in [6.07, 6.45) is 8.85. The van der Waals surface area contributed by atoms with Crippen molar-refractivity contribution in [2.45, 2.75) is 97.4 Å². The summed E-state index contributed by atoms with van der Waals surface area (Å²) in [6, 6.07) is 0. The fourth-order valence-corrected chi connectivity index (χ4v) is 3.52. The van der Waals surface area contributed by atoms with Crippen LogP contribution in [-0.2, 0) is 38.4 Å². The van der Waals surface area contributed by atoms with Crippen LogP contribution < -0.4 is 31.9 Å². The first-order chi connectivity index (χ1) is 20.8. The van der Waals surface area contributed by atoms with Gasteiger partial charge in [0.25, 0.3) is 0 Å². The molecule has 0 radical (unpaired) electrons. The van der Waals surface area contributed by atoms with Gasteiger partial charge in [0.2, 0.25) is 0 Å². The van der Waals surface area contributed by atoms with E-state index >= 15 is 0 Å². The van der Waals surface area contributed by atoms with Crippen LogP contribution in [0.2, 0.25) is 0 Å². The molecule has 0 bridgehead atoms. The number of amides is 6. The van der Waals surface area contributed by atoms with E-state index in [9.17, 15) is 38.4 Å². The van der Waals surface area contributed by atoms with Gasteiger partial charge in [-0.25, -0.2) is 9.59 Å². The zero-order valence-electron chi connectivity index (χ0n) is 26.3. The van der Waals surface area contributed by atoms with Crippen molar-refractivity contribution >= 4 is 47.4 Å². The Morgan fingerprint density at radius 2 is 0.818 bits per heavy atom. The molecule has 252 valence electrons. The standard InChI is InChI=1S/C18H34N4O4.C10H16N2O6/c1-3-5-7-9-11-19-15(23)17(25)21-13-14-22-18(26)16(24)20-12-10-8-6-4-2;1-3-10(4-2,12-7(14)9(17)18)5-11-6(13)8(15)16/h3-14H2,1-2H3,(H,19,23)(H,20,24)(H,21,25)(H,22,26);3-5H2,1-2H3,(H,11,13)(H,12,14)(H,15,16)(H,17,18). The molecule has 0 unspecified atom stereocenters. The molecule has 0 aliphatic heterocycles. The number of carboxylic acids is 2. The summed E-state index contributed by atoms with van der Waals surface area (Å²) in [7, 11) is 0. The van der Waals surface area contributed by atoms with Crippen LogP contribution in [-0.4, -0.2) is 95.9 Å². The zero-order chi connectivity index (χ0) is 34.0. The lowest BCUT2D eigenvalue weighted by Crippen LogP contribution is -2.57. The summed E-state index contributed by atoms with van der Waals surface area (Å²) in [4.78, 5) is 89.0. The monoisotopic (exact) mass is 630 g/mol. The van der Waals surface area contributed by atoms with Crippen molar-refractivity contribution in [3.63, 3.8) is 0 Å². The largest absolute Gasteiger partial charge is 0.474 e. The third-order valence-corrected chi connectivity index (χ3v) is 6.45. The second-order valence-corrected chi connectivity index (χ2v) is 9.88. The van der Waals surface area contributed by atoms with Crippen molar-refractivity contribution in [3.05, 3.63) is 0 Å². The van der Waals surface area contributed by atoms with Gasteiger partial charge in [-0.1, -0.05) is 66.2 Å². The maximum Gasteiger partial charge on any atom is 0.394 e. The Hall–Kier alpha value is -4.24. The smallest absolute Gasteiger partial charge is 0.394 e. The molecule has 0 spiro atoms. The summed E-state index contributed by atoms with van der Waals surface area (Å²) in [5.41, 5.74) is -0.972. The van der Waals surface area contributed by atoms with Crippen LogP contribution in [0.25, 0.3) is 0 Å². The number of carbonyl (C=O) groups excluding carboxylic acids is 6. The average Bonchev–Trinajstić information content (AvgIpc) is 3.00. The molecule has 0 aromatic rings. The first kappa shape index (κ1) is 41.9. The van der Waals surface area contributed by atoms with E-state index in [1.165, 1.54) is 0 Å². The third kappa shape index (κ3) is 20.6. The van der Waals surface area contributed by atoms with Crippen molar-refractivity contribution in [2.75, 3.05) is 32.7 Å². The molecule has 0 aliphatic rings. The summed E-state index contributed by atoms with van der Waals surface area (Å²) < 4.78 is 0. The zero-order valence-corrected chi connectivity index (χ0v) is 26.3. The normalized spacial score (nSPS) is 10.3. The van der Waals surface area contributed by atoms with Crippen molar-refractivity contribution in [2.24, 2.45) is 0 Å². The minimum Gasteiger partial charge on any atom is -0.474 e. The highest BCUT2D eigenvalue weighted by Gasteiger charge is 2.31. The number of unbranched alkanes of at least 4 members (excludes halogenated alkanes) is 6. The lowest BCUT2D eigenvalue weighted by atomic mass is 9.92. The minimum atomic E-state index is -1.64. The molecule has 0 aromatic carbocycles. The Bertz CT molecular complexity index is 913. The van der Waals surface area contributed by atoms with Crippen molar-refractivity contribution < 1.29 is 48.6 Å². The molecule has 0 fully saturated rings. The van der Waals surface area contributed by atoms with E-state index in [4.69, 9.17) is 10.2 Å². The van der Waals surface area contributed by atoms with Gasteiger partial charge < -0.3 is 42.1 Å². The van der Waals surface area contributed by atoms with Gasteiger partial charge in [-0.2, -0.15) is 0 Å². The fraction of sp³-hybridized carbons (Fsp3) is 0.714. The number of hydrogen-bond donors (Lipinski definition) is 8. The summed E-state index contributed by atoms with van der Waals surface area (Å²) in [5.74, 6) is -8.51. The lowest BCUT2D eigenvalue weighted by Gasteiger charge is -2.32. The second kappa shape index (κ2) is 25.3. The van der Waals surface area contributed by atoms with Crippen molar-refractivity contribution in [3.8, 4) is 0 Å². The van der Waals surface area contributed by atoms with Gasteiger partial charge in [0, 0.05) is 32.7 Å². The number of hydrogen-bond acceptors (Lipinski definition) is 8. The number of carbonyl (C=O) groups is 8. The van der Waals surface area contributed by atoms with Gasteiger partial charge >= 0.3 is 47.4 Å². The van der Waals surface area contributed by atoms with Gasteiger partial charge in [0.15, 0.2) is 0 Å². The van der Waals surface area contributed by atoms with E-state index in [2.05, 4.69) is 45.7 Å². The van der Waals surface area contributed by atoms with Gasteiger partial charge in [-0.15, -0.1) is 0 Å². The quantitative estimate of drug-likeness (QED) is 0.0716. The third-order valence-electron chi connectivity index (χ3n) is 6.45. The van der Waals surface area contributed by atoms with Crippen molar-refractivity contribution in [1.82, 2.24) is 31.9 Å². The van der Waals surface area contributed by atoms with Crippen LogP contribution in [0.15, 0.2) is 0 Å². The van der Waals surface area contributed by atoms with Crippen LogP contribution in [0.1, 0.15) is 91.9 Å². The van der Waals surface area contributed by atoms with E-state index in [1.807, 2.05) is 0 Å². The first-order valence-electron chi connectivity index (χ1n) is 15.0. The van der Waals surface area contributed by atoms with Crippen LogP contribution in [0.3, 0.4) is 0 Å². The molecule has 6 amide bonds. The van der Waals surface area contributed by atoms with E-state index in [0.29, 0.717) is 25.9 Å². The van der Waals surface area contributed by atoms with E-state index < -0.39 is 52.9 Å². The van der Waals surface area contributed by atoms with Gasteiger partial charge in [-0.05, 0) is 25.7 Å². The molecule has 0 aliphatic carbocycles. The summed E-state index contributed by atoms with van der Waals surface area (Å²) in [6.45, 7) is 8.55. The number of carboxylic acid groups (broad SMARTS) is 2. The van der Waals surface area contributed by atoms with Gasteiger partial charge in [0.05, 0.1) is 5.54 Å². The van der Waals surface area contributed by atoms with Crippen molar-refractivity contribution in [1.29, 1.82) is 0 Å². The molecule has 0 saturated heterocycles. The number of rotatable bonds is 18. The predicted molar refractivity (Wildman–Crippen MR) is 160 cm³/mol. The number of aliphatic carboxylic acids is 2. The molecule has 0 saturated carbocycles. The minimum absolute atomic E-state index is 0.0810. The van der Waals surface area contributed by atoms with E-state index in [1.54, 1.807) is 13.8 Å². The highest BCUT2D eigenvalue weighted by Crippen LogP contribution is 2.14. The molecule has 16 heteroatoms. The molecular weight excluding hydrogens is 580 g/mol. The Morgan fingerprint density at radius 1 is 0.455 bits per heavy atom. The molecule has 44 heavy (non-hydrogen) atoms. The molecular formula is C28H50N6O10. The van der Waals surface area contributed by atoms with Crippen LogP contribution >= 0.6 is 0 Å². The average molecular weight is 631 g/mol. The Kier molecular flexibility index (Phi) is 24.1. The maximum atomic E-state index is 11.6. The molecule has 0 rings (SSSR count). The van der Waals surface area contributed by atoms with Gasteiger partial charge in [0.1, 0.15) is 0 Å². The topological polar surface area (TPSA) is 249 Å². The maximum absolute atomic E-state index is 11.6. The van der Waals surface area contributed by atoms with Crippen LogP contribution in [0.5, 0.6) is 0 Å². The van der Waals surface area contributed by atoms with Crippen LogP contribution in [0, 0.1) is 0 Å². The SMILES string of the molecule is CCC(CC)(CNC(=O)C(=O)O)NC(=O)C(=O)O.CCCCCCNC(=O)C(=O)NCCNC(=O)C(=O)NCCCCCC. The number of nitrogens with one attached hydrogen (secondary N) is 6. The Labute approximate surface area is 258 Å². The van der Waals surface area contributed by atoms with E-state index in [-0.39, 0.29) is 19.6 Å². The highest BCUT2D eigenvalue weighted by molar-refractivity contribution is 6.35. The molecule has 0 atom stereocenters. The Balaban J connectivity index is 0. The molecule has 0 heterocycles. The first-order valence-corrected chi connectivity index (χ1v) is 15.0. The molecule has 16 nitrogen and oxygen atoms in total. The fourth-order valence-electron chi connectivity index (χ4n) is 3.52. The van der Waals surface area contributed by atoms with Crippen LogP contribution in [0.4, 0.5) is 0 Å². The summed E-state index contributed by atoms with van der Waals surface area (Å²) >= 11 is 0. The highest BCUT2D eigenvalue weighted by atomic mass is 16.4. The Morgan fingerprint density at radius 3 is 1.14 bits per heavy atom. The predicted octanol–water partition coefficient (Wildman–Crippen LogP) is -0.441. The molecule has 0 aromatic heterocycles. The molecule has 8 N–H and O–H groups in total. The lowest BCUT2D eigenvalue weighted by molar-refractivity contribution is -0.151. The second-order valence-electron chi connectivity index (χ2n) is 9.88. The summed E-state index contributed by atoms with van der Waals surface area (Å²) in [5, 5.41) is 31.2. The van der Waals surface area contributed by atoms with Gasteiger partial charge in [-0.3, -0.25) is 28.8 Å². The van der Waals surface area contributed by atoms with E-state index in [0.717, 1.165) is 51.4 Å².